The molecule has 0 aromatic heterocycles. The number of nitrogens with zero attached hydrogens (tertiary/aromatic N) is 1. The van der Waals surface area contributed by atoms with Crippen molar-refractivity contribution >= 4 is 25.6 Å². The van der Waals surface area contributed by atoms with Crippen molar-refractivity contribution in [2.45, 2.75) is 44.0 Å². The summed E-state index contributed by atoms with van der Waals surface area (Å²) in [5.41, 5.74) is 0.712. The SMILES string of the molecule is Cc1ccc(C(=O)N2CCCC2(C)C)cc1S(=O)(=O)Cl. The van der Waals surface area contributed by atoms with Gasteiger partial charge in [0.25, 0.3) is 15.0 Å². The summed E-state index contributed by atoms with van der Waals surface area (Å²) in [4.78, 5) is 14.3. The van der Waals surface area contributed by atoms with E-state index in [1.54, 1.807) is 24.0 Å². The smallest absolute Gasteiger partial charge is 0.261 e. The van der Waals surface area contributed by atoms with E-state index in [9.17, 15) is 13.2 Å². The molecule has 0 atom stereocenters. The van der Waals surface area contributed by atoms with Crippen molar-refractivity contribution in [3.05, 3.63) is 29.3 Å². The minimum absolute atomic E-state index is 0.00187. The normalized spacial score (nSPS) is 18.3. The minimum Gasteiger partial charge on any atom is -0.334 e. The molecular formula is C14H18ClNO3S. The molecule has 1 heterocycles. The minimum atomic E-state index is -3.84. The first-order chi connectivity index (χ1) is 9.13. The first kappa shape index (κ1) is 15.3. The maximum absolute atomic E-state index is 12.5. The van der Waals surface area contributed by atoms with E-state index in [4.69, 9.17) is 10.7 Å². The maximum atomic E-state index is 12.5. The fraction of sp³-hybridized carbons (Fsp3) is 0.500. The number of carbonyl (C=O) groups excluding carboxylic acids is 1. The molecule has 0 aliphatic carbocycles. The third-order valence-corrected chi connectivity index (χ3v) is 5.31. The molecule has 1 amide bonds. The lowest BCUT2D eigenvalue weighted by molar-refractivity contribution is 0.0651. The molecule has 0 bridgehead atoms. The monoisotopic (exact) mass is 315 g/mol. The molecule has 0 radical (unpaired) electrons. The third-order valence-electron chi connectivity index (χ3n) is 3.84. The molecule has 0 N–H and O–H groups in total. The highest BCUT2D eigenvalue weighted by atomic mass is 35.7. The summed E-state index contributed by atoms with van der Waals surface area (Å²) in [5, 5.41) is 0. The van der Waals surface area contributed by atoms with Crippen LogP contribution in [0.2, 0.25) is 0 Å². The summed E-state index contributed by atoms with van der Waals surface area (Å²) >= 11 is 0. The van der Waals surface area contributed by atoms with Crippen molar-refractivity contribution in [3.63, 3.8) is 0 Å². The fourth-order valence-corrected chi connectivity index (χ4v) is 3.85. The van der Waals surface area contributed by atoms with Crippen molar-refractivity contribution in [2.75, 3.05) is 6.54 Å². The van der Waals surface area contributed by atoms with Gasteiger partial charge in [0.05, 0.1) is 4.90 Å². The summed E-state index contributed by atoms with van der Waals surface area (Å²) in [6.45, 7) is 6.39. The highest BCUT2D eigenvalue weighted by molar-refractivity contribution is 8.13. The van der Waals surface area contributed by atoms with Gasteiger partial charge in [0.2, 0.25) is 0 Å². The second kappa shape index (κ2) is 5.04. The molecule has 1 aliphatic heterocycles. The van der Waals surface area contributed by atoms with E-state index in [0.717, 1.165) is 12.8 Å². The van der Waals surface area contributed by atoms with Gasteiger partial charge in [-0.15, -0.1) is 0 Å². The average Bonchev–Trinajstić information content (AvgIpc) is 2.67. The van der Waals surface area contributed by atoms with E-state index in [1.807, 2.05) is 13.8 Å². The topological polar surface area (TPSA) is 54.5 Å². The van der Waals surface area contributed by atoms with Gasteiger partial charge in [-0.05, 0) is 51.3 Å². The van der Waals surface area contributed by atoms with Crippen molar-refractivity contribution in [3.8, 4) is 0 Å². The molecule has 0 saturated carbocycles. The van der Waals surface area contributed by atoms with E-state index in [2.05, 4.69) is 0 Å². The first-order valence-corrected chi connectivity index (χ1v) is 8.81. The number of rotatable bonds is 2. The highest BCUT2D eigenvalue weighted by Gasteiger charge is 2.36. The van der Waals surface area contributed by atoms with Gasteiger partial charge < -0.3 is 4.90 Å². The van der Waals surface area contributed by atoms with Crippen LogP contribution in [0.3, 0.4) is 0 Å². The molecule has 20 heavy (non-hydrogen) atoms. The largest absolute Gasteiger partial charge is 0.334 e. The number of amides is 1. The third kappa shape index (κ3) is 2.83. The first-order valence-electron chi connectivity index (χ1n) is 6.50. The molecule has 4 nitrogen and oxygen atoms in total. The van der Waals surface area contributed by atoms with Gasteiger partial charge >= 0.3 is 0 Å². The lowest BCUT2D eigenvalue weighted by Gasteiger charge is -2.31. The number of likely N-dealkylation sites (tertiary alicyclic amines) is 1. The Morgan fingerprint density at radius 1 is 1.35 bits per heavy atom. The summed E-state index contributed by atoms with van der Waals surface area (Å²) in [6, 6.07) is 4.64. The van der Waals surface area contributed by atoms with Gasteiger partial charge in [-0.25, -0.2) is 8.42 Å². The van der Waals surface area contributed by atoms with Crippen molar-refractivity contribution in [2.24, 2.45) is 0 Å². The standard InChI is InChI=1S/C14H18ClNO3S/c1-10-5-6-11(9-12(10)20(15,18)19)13(17)16-8-4-7-14(16,2)3/h5-6,9H,4,7-8H2,1-3H3. The Kier molecular flexibility index (Phi) is 3.86. The van der Waals surface area contributed by atoms with Crippen LogP contribution < -0.4 is 0 Å². The van der Waals surface area contributed by atoms with Crippen molar-refractivity contribution in [1.82, 2.24) is 4.90 Å². The van der Waals surface area contributed by atoms with Crippen LogP contribution in [-0.4, -0.2) is 31.3 Å². The lowest BCUT2D eigenvalue weighted by Crippen LogP contribution is -2.42. The predicted octanol–water partition coefficient (Wildman–Crippen LogP) is 2.94. The Bertz CT molecular complexity index is 652. The van der Waals surface area contributed by atoms with Gasteiger partial charge in [0.1, 0.15) is 0 Å². The van der Waals surface area contributed by atoms with Crippen LogP contribution in [-0.2, 0) is 9.05 Å². The van der Waals surface area contributed by atoms with Gasteiger partial charge in [-0.1, -0.05) is 6.07 Å². The average molecular weight is 316 g/mol. The second-order valence-electron chi connectivity index (χ2n) is 5.79. The lowest BCUT2D eigenvalue weighted by atomic mass is 10.0. The Morgan fingerprint density at radius 3 is 2.50 bits per heavy atom. The maximum Gasteiger partial charge on any atom is 0.261 e. The highest BCUT2D eigenvalue weighted by Crippen LogP contribution is 2.30. The number of halogens is 1. The van der Waals surface area contributed by atoms with Crippen LogP contribution >= 0.6 is 10.7 Å². The van der Waals surface area contributed by atoms with E-state index >= 15 is 0 Å². The summed E-state index contributed by atoms with van der Waals surface area (Å²) < 4.78 is 23.0. The number of carbonyl (C=O) groups is 1. The molecule has 0 unspecified atom stereocenters. The number of aryl methyl sites for hydroxylation is 1. The Morgan fingerprint density at radius 2 is 2.00 bits per heavy atom. The predicted molar refractivity (Wildman–Crippen MR) is 78.6 cm³/mol. The molecule has 110 valence electrons. The molecule has 1 aromatic carbocycles. The van der Waals surface area contributed by atoms with E-state index in [0.29, 0.717) is 17.7 Å². The quantitative estimate of drug-likeness (QED) is 0.788. The molecule has 2 rings (SSSR count). The van der Waals surface area contributed by atoms with E-state index in [-0.39, 0.29) is 16.3 Å². The molecule has 0 spiro atoms. The van der Waals surface area contributed by atoms with Crippen LogP contribution in [0, 0.1) is 6.92 Å². The van der Waals surface area contributed by atoms with Crippen LogP contribution in [0.15, 0.2) is 23.1 Å². The summed E-state index contributed by atoms with van der Waals surface area (Å²) in [5.74, 6) is -0.144. The van der Waals surface area contributed by atoms with Gasteiger partial charge in [0.15, 0.2) is 0 Å². The number of hydrogen-bond acceptors (Lipinski definition) is 3. The summed E-state index contributed by atoms with van der Waals surface area (Å²) in [7, 11) is 1.56. The zero-order valence-electron chi connectivity index (χ0n) is 11.8. The number of benzene rings is 1. The van der Waals surface area contributed by atoms with Crippen molar-refractivity contribution in [1.29, 1.82) is 0 Å². The van der Waals surface area contributed by atoms with Gasteiger partial charge in [0, 0.05) is 28.3 Å². The Hall–Kier alpha value is -1.07. The van der Waals surface area contributed by atoms with E-state index in [1.165, 1.54) is 6.07 Å². The zero-order chi connectivity index (χ0) is 15.1. The second-order valence-corrected chi connectivity index (χ2v) is 8.33. The van der Waals surface area contributed by atoms with Gasteiger partial charge in [-0.3, -0.25) is 4.79 Å². The van der Waals surface area contributed by atoms with E-state index < -0.39 is 9.05 Å². The molecule has 1 fully saturated rings. The van der Waals surface area contributed by atoms with Gasteiger partial charge in [-0.2, -0.15) is 0 Å². The van der Waals surface area contributed by atoms with Crippen LogP contribution in [0.5, 0.6) is 0 Å². The van der Waals surface area contributed by atoms with Crippen LogP contribution in [0.25, 0.3) is 0 Å². The zero-order valence-corrected chi connectivity index (χ0v) is 13.4. The van der Waals surface area contributed by atoms with Crippen LogP contribution in [0.4, 0.5) is 0 Å². The molecular weight excluding hydrogens is 298 g/mol. The molecule has 1 aromatic rings. The molecule has 6 heteroatoms. The Balaban J connectivity index is 2.42. The fourth-order valence-electron chi connectivity index (χ4n) is 2.64. The van der Waals surface area contributed by atoms with Crippen LogP contribution in [0.1, 0.15) is 42.6 Å². The Labute approximate surface area is 124 Å². The molecule has 1 saturated heterocycles. The summed E-state index contributed by atoms with van der Waals surface area (Å²) in [6.07, 6.45) is 1.91. The van der Waals surface area contributed by atoms with Crippen molar-refractivity contribution < 1.29 is 13.2 Å². The number of hydrogen-bond donors (Lipinski definition) is 0. The molecule has 1 aliphatic rings.